The molecule has 0 saturated carbocycles. The van der Waals surface area contributed by atoms with Gasteiger partial charge in [-0.05, 0) is 32.9 Å². The molecule has 0 amide bonds. The fourth-order valence-corrected chi connectivity index (χ4v) is 1.87. The number of hydrogen-bond donors (Lipinski definition) is 1. The maximum atomic E-state index is 13.4. The zero-order valence-corrected chi connectivity index (χ0v) is 10.6. The van der Waals surface area contributed by atoms with Crippen LogP contribution in [0.1, 0.15) is 25.0 Å². The van der Waals surface area contributed by atoms with Crippen LogP contribution in [-0.2, 0) is 10.0 Å². The molecule has 0 bridgehead atoms. The zero-order valence-electron chi connectivity index (χ0n) is 9.78. The van der Waals surface area contributed by atoms with Gasteiger partial charge in [0.05, 0.1) is 22.6 Å². The Labute approximate surface area is 100 Å². The van der Waals surface area contributed by atoms with E-state index in [-0.39, 0.29) is 16.8 Å². The van der Waals surface area contributed by atoms with E-state index in [4.69, 9.17) is 5.26 Å². The molecule has 0 heterocycles. The van der Waals surface area contributed by atoms with E-state index in [1.54, 1.807) is 6.07 Å². The lowest BCUT2D eigenvalue weighted by Gasteiger charge is -2.13. The molecule has 1 rings (SSSR count). The van der Waals surface area contributed by atoms with Crippen molar-refractivity contribution in [1.29, 1.82) is 5.26 Å². The molecule has 0 unspecified atom stereocenters. The Morgan fingerprint density at radius 1 is 1.41 bits per heavy atom. The third-order valence-electron chi connectivity index (χ3n) is 2.35. The molecule has 0 aliphatic carbocycles. The predicted octanol–water partition coefficient (Wildman–Crippen LogP) is 2.16. The molecule has 1 aromatic carbocycles. The summed E-state index contributed by atoms with van der Waals surface area (Å²) in [6.07, 6.45) is 0. The highest BCUT2D eigenvalue weighted by Gasteiger charge is 2.18. The Morgan fingerprint density at radius 2 is 2.00 bits per heavy atom. The summed E-state index contributed by atoms with van der Waals surface area (Å²) in [7, 11) is -3.54. The molecule has 0 aliphatic heterocycles. The summed E-state index contributed by atoms with van der Waals surface area (Å²) in [4.78, 5) is 0. The van der Waals surface area contributed by atoms with Crippen molar-refractivity contribution >= 4 is 15.7 Å². The molecule has 0 spiro atoms. The van der Waals surface area contributed by atoms with Crippen molar-refractivity contribution in [2.45, 2.75) is 26.0 Å². The summed E-state index contributed by atoms with van der Waals surface area (Å²) >= 11 is 0. The van der Waals surface area contributed by atoms with Crippen LogP contribution in [0.5, 0.6) is 0 Å². The molecule has 1 aromatic rings. The second-order valence-electron chi connectivity index (χ2n) is 3.94. The molecule has 92 valence electrons. The van der Waals surface area contributed by atoms with Crippen LogP contribution in [0.25, 0.3) is 0 Å². The van der Waals surface area contributed by atoms with Crippen molar-refractivity contribution in [3.05, 3.63) is 29.1 Å². The van der Waals surface area contributed by atoms with Gasteiger partial charge in [0.2, 0.25) is 10.0 Å². The SMILES string of the molecule is Cc1c(F)cc(C#N)cc1NS(=O)(=O)C(C)C. The highest BCUT2D eigenvalue weighted by atomic mass is 32.2. The predicted molar refractivity (Wildman–Crippen MR) is 63.5 cm³/mol. The van der Waals surface area contributed by atoms with Gasteiger partial charge in [0.1, 0.15) is 5.82 Å². The molecule has 1 N–H and O–H groups in total. The normalized spacial score (nSPS) is 11.3. The monoisotopic (exact) mass is 256 g/mol. The van der Waals surface area contributed by atoms with Gasteiger partial charge in [-0.3, -0.25) is 4.72 Å². The number of hydrogen-bond acceptors (Lipinski definition) is 3. The number of nitrogens with zero attached hydrogens (tertiary/aromatic N) is 1. The Bertz CT molecular complexity index is 574. The summed E-state index contributed by atoms with van der Waals surface area (Å²) in [5.41, 5.74) is 0.359. The van der Waals surface area contributed by atoms with Crippen LogP contribution < -0.4 is 4.72 Å². The van der Waals surface area contributed by atoms with E-state index in [0.29, 0.717) is 0 Å². The molecule has 0 fully saturated rings. The van der Waals surface area contributed by atoms with Crippen LogP contribution in [0.4, 0.5) is 10.1 Å². The molecule has 0 radical (unpaired) electrons. The van der Waals surface area contributed by atoms with Gasteiger partial charge in [0.25, 0.3) is 0 Å². The standard InChI is InChI=1S/C11H13FN2O2S/c1-7(2)17(15,16)14-11-5-9(6-13)4-10(12)8(11)3/h4-5,7,14H,1-3H3. The second-order valence-corrected chi connectivity index (χ2v) is 6.18. The fraction of sp³-hybridized carbons (Fsp3) is 0.364. The van der Waals surface area contributed by atoms with Crippen molar-refractivity contribution in [3.63, 3.8) is 0 Å². The van der Waals surface area contributed by atoms with Gasteiger partial charge >= 0.3 is 0 Å². The molecule has 0 saturated heterocycles. The largest absolute Gasteiger partial charge is 0.283 e. The number of anilines is 1. The van der Waals surface area contributed by atoms with E-state index in [0.717, 1.165) is 6.07 Å². The maximum Gasteiger partial charge on any atom is 0.235 e. The molecule has 17 heavy (non-hydrogen) atoms. The molecule has 6 heteroatoms. The van der Waals surface area contributed by atoms with Crippen molar-refractivity contribution in [3.8, 4) is 6.07 Å². The molecule has 0 atom stereocenters. The minimum atomic E-state index is -3.54. The van der Waals surface area contributed by atoms with Crippen LogP contribution in [-0.4, -0.2) is 13.7 Å². The summed E-state index contributed by atoms with van der Waals surface area (Å²) in [6.45, 7) is 4.49. The number of benzene rings is 1. The van der Waals surface area contributed by atoms with E-state index in [1.807, 2.05) is 0 Å². The van der Waals surface area contributed by atoms with E-state index in [1.165, 1.54) is 26.8 Å². The van der Waals surface area contributed by atoms with Gasteiger partial charge in [0.15, 0.2) is 0 Å². The number of halogens is 1. The minimum absolute atomic E-state index is 0.0783. The van der Waals surface area contributed by atoms with Gasteiger partial charge in [-0.1, -0.05) is 0 Å². The lowest BCUT2D eigenvalue weighted by atomic mass is 10.1. The summed E-state index contributed by atoms with van der Waals surface area (Å²) in [5, 5.41) is 8.06. The molecule has 4 nitrogen and oxygen atoms in total. The van der Waals surface area contributed by atoms with Crippen LogP contribution in [0.15, 0.2) is 12.1 Å². The van der Waals surface area contributed by atoms with Gasteiger partial charge in [-0.2, -0.15) is 5.26 Å². The average molecular weight is 256 g/mol. The first-order valence-corrected chi connectivity index (χ1v) is 6.54. The second kappa shape index (κ2) is 4.72. The van der Waals surface area contributed by atoms with Crippen molar-refractivity contribution in [2.75, 3.05) is 4.72 Å². The Hall–Kier alpha value is -1.61. The number of rotatable bonds is 3. The maximum absolute atomic E-state index is 13.4. The number of sulfonamides is 1. The minimum Gasteiger partial charge on any atom is -0.283 e. The van der Waals surface area contributed by atoms with Crippen LogP contribution in [0.3, 0.4) is 0 Å². The summed E-state index contributed by atoms with van der Waals surface area (Å²) in [5.74, 6) is -0.606. The fourth-order valence-electron chi connectivity index (χ4n) is 1.12. The lowest BCUT2D eigenvalue weighted by Crippen LogP contribution is -2.23. The van der Waals surface area contributed by atoms with Gasteiger partial charge in [-0.15, -0.1) is 0 Å². The molecule has 0 aromatic heterocycles. The van der Waals surface area contributed by atoms with Crippen molar-refractivity contribution < 1.29 is 12.8 Å². The Morgan fingerprint density at radius 3 is 2.47 bits per heavy atom. The van der Waals surface area contributed by atoms with Crippen LogP contribution in [0, 0.1) is 24.1 Å². The first-order valence-electron chi connectivity index (χ1n) is 5.00. The van der Waals surface area contributed by atoms with Gasteiger partial charge in [0, 0.05) is 5.56 Å². The zero-order chi connectivity index (χ0) is 13.2. The number of nitriles is 1. The van der Waals surface area contributed by atoms with E-state index in [2.05, 4.69) is 4.72 Å². The van der Waals surface area contributed by atoms with E-state index >= 15 is 0 Å². The summed E-state index contributed by atoms with van der Waals surface area (Å²) < 4.78 is 39.0. The third-order valence-corrected chi connectivity index (χ3v) is 4.09. The molecular formula is C11H13FN2O2S. The van der Waals surface area contributed by atoms with Crippen molar-refractivity contribution in [1.82, 2.24) is 0 Å². The topological polar surface area (TPSA) is 70.0 Å². The highest BCUT2D eigenvalue weighted by Crippen LogP contribution is 2.22. The van der Waals surface area contributed by atoms with Gasteiger partial charge in [-0.25, -0.2) is 12.8 Å². The molecule has 0 aliphatic rings. The third kappa shape index (κ3) is 2.94. The van der Waals surface area contributed by atoms with Crippen LogP contribution >= 0.6 is 0 Å². The van der Waals surface area contributed by atoms with E-state index < -0.39 is 21.1 Å². The smallest absolute Gasteiger partial charge is 0.235 e. The van der Waals surface area contributed by atoms with E-state index in [9.17, 15) is 12.8 Å². The Balaban J connectivity index is 3.25. The highest BCUT2D eigenvalue weighted by molar-refractivity contribution is 7.93. The quantitative estimate of drug-likeness (QED) is 0.900. The first kappa shape index (κ1) is 13.5. The van der Waals surface area contributed by atoms with Crippen molar-refractivity contribution in [2.24, 2.45) is 0 Å². The van der Waals surface area contributed by atoms with Gasteiger partial charge < -0.3 is 0 Å². The first-order chi connectivity index (χ1) is 7.77. The molecular weight excluding hydrogens is 243 g/mol. The van der Waals surface area contributed by atoms with Crippen LogP contribution in [0.2, 0.25) is 0 Å². The average Bonchev–Trinajstić information content (AvgIpc) is 2.23. The lowest BCUT2D eigenvalue weighted by molar-refractivity contribution is 0.592. The summed E-state index contributed by atoms with van der Waals surface area (Å²) in [6, 6.07) is 4.17. The Kier molecular flexibility index (Phi) is 3.73. The number of nitrogens with one attached hydrogen (secondary N) is 1.